The summed E-state index contributed by atoms with van der Waals surface area (Å²) in [6.45, 7) is 3.42. The van der Waals surface area contributed by atoms with Gasteiger partial charge < -0.3 is 27.1 Å². The fourth-order valence-corrected chi connectivity index (χ4v) is 3.97. The van der Waals surface area contributed by atoms with Crippen LogP contribution in [0.15, 0.2) is 53.3 Å². The molecule has 2 aliphatic rings. The third-order valence-corrected chi connectivity index (χ3v) is 5.50. The van der Waals surface area contributed by atoms with Crippen molar-refractivity contribution in [1.29, 1.82) is 0 Å². The van der Waals surface area contributed by atoms with Crippen LogP contribution in [0.4, 0.5) is 5.82 Å². The molecule has 0 spiro atoms. The summed E-state index contributed by atoms with van der Waals surface area (Å²) in [5.74, 6) is 1.33. The number of hydrogen-bond acceptors (Lipinski definition) is 5. The average molecular weight is 369 g/mol. The van der Waals surface area contributed by atoms with Crippen LogP contribution in [-0.2, 0) is 6.42 Å². The Morgan fingerprint density at radius 1 is 1.19 bits per heavy atom. The number of aromatic nitrogens is 1. The van der Waals surface area contributed by atoms with Crippen LogP contribution in [0.2, 0.25) is 0 Å². The molecule has 0 amide bonds. The molecule has 3 heterocycles. The van der Waals surface area contributed by atoms with E-state index in [-0.39, 0.29) is 7.58 Å². The highest BCUT2D eigenvalue weighted by Crippen LogP contribution is 2.31. The number of aliphatic imine (C=N–C) groups is 1. The molecule has 0 unspecified atom stereocenters. The maximum Gasteiger partial charge on any atom is 0.141 e. The summed E-state index contributed by atoms with van der Waals surface area (Å²) in [6.07, 6.45) is 8.26. The summed E-state index contributed by atoms with van der Waals surface area (Å²) in [7, 11) is 0. The second kappa shape index (κ2) is 8.88. The molecule has 2 aromatic rings. The van der Waals surface area contributed by atoms with Crippen LogP contribution in [0, 0.1) is 5.92 Å². The van der Waals surface area contributed by atoms with E-state index < -0.39 is 0 Å². The lowest BCUT2D eigenvalue weighted by atomic mass is 9.91. The Kier molecular flexibility index (Phi) is 6.32. The Morgan fingerprint density at radius 3 is 2.74 bits per heavy atom. The molecule has 1 aromatic carbocycles. The van der Waals surface area contributed by atoms with Gasteiger partial charge >= 0.3 is 0 Å². The number of aromatic amines is 1. The van der Waals surface area contributed by atoms with E-state index in [1.165, 1.54) is 18.5 Å². The quantitative estimate of drug-likeness (QED) is 0.646. The first-order valence-electron chi connectivity index (χ1n) is 9.54. The number of benzene rings is 1. The van der Waals surface area contributed by atoms with Gasteiger partial charge in [-0.1, -0.05) is 30.3 Å². The minimum atomic E-state index is 0. The first kappa shape index (κ1) is 19.2. The molecule has 4 rings (SSSR count). The Hall–Kier alpha value is -2.57. The summed E-state index contributed by atoms with van der Waals surface area (Å²) in [6, 6.07) is 12.8. The predicted molar refractivity (Wildman–Crippen MR) is 114 cm³/mol. The van der Waals surface area contributed by atoms with Gasteiger partial charge in [-0.2, -0.15) is 0 Å². The second-order valence-corrected chi connectivity index (χ2v) is 7.18. The number of likely N-dealkylation sites (tertiary alicyclic amines) is 1. The van der Waals surface area contributed by atoms with Crippen molar-refractivity contribution < 1.29 is 1.43 Å². The Bertz CT molecular complexity index is 790. The molecule has 1 fully saturated rings. The normalized spacial score (nSPS) is 19.1. The van der Waals surface area contributed by atoms with Gasteiger partial charge in [-0.25, -0.2) is 4.99 Å². The zero-order valence-electron chi connectivity index (χ0n) is 15.8. The van der Waals surface area contributed by atoms with E-state index in [9.17, 15) is 0 Å². The highest BCUT2D eigenvalue weighted by atomic mass is 15.1. The van der Waals surface area contributed by atoms with E-state index in [1.54, 1.807) is 6.34 Å². The smallest absolute Gasteiger partial charge is 0.141 e. The van der Waals surface area contributed by atoms with Crippen LogP contribution in [-0.4, -0.2) is 35.9 Å². The van der Waals surface area contributed by atoms with Crippen LogP contribution in [0.1, 0.15) is 31.8 Å². The predicted octanol–water partition coefficient (Wildman–Crippen LogP) is 3.66. The van der Waals surface area contributed by atoms with Crippen LogP contribution in [0.25, 0.3) is 5.70 Å². The summed E-state index contributed by atoms with van der Waals surface area (Å²) in [5, 5.41) is 3.25. The van der Waals surface area contributed by atoms with E-state index in [2.05, 4.69) is 50.5 Å². The maximum atomic E-state index is 6.54. The maximum absolute atomic E-state index is 6.54. The molecule has 0 aliphatic carbocycles. The van der Waals surface area contributed by atoms with Crippen LogP contribution >= 0.6 is 0 Å². The summed E-state index contributed by atoms with van der Waals surface area (Å²) in [5.41, 5.74) is 11.1. The lowest BCUT2D eigenvalue weighted by Gasteiger charge is -2.33. The topological polar surface area (TPSA) is 104 Å². The van der Waals surface area contributed by atoms with Gasteiger partial charge in [-0.05, 0) is 56.9 Å². The molecule has 0 bridgehead atoms. The number of H-pyrrole nitrogens is 1. The minimum absolute atomic E-state index is 0. The molecule has 0 saturated carbocycles. The molecule has 1 aromatic heterocycles. The van der Waals surface area contributed by atoms with Crippen molar-refractivity contribution in [2.24, 2.45) is 16.6 Å². The van der Waals surface area contributed by atoms with Gasteiger partial charge in [0.1, 0.15) is 5.82 Å². The molecule has 2 aliphatic heterocycles. The number of nitrogens with one attached hydrogen (secondary N) is 2. The number of rotatable bonds is 5. The van der Waals surface area contributed by atoms with Crippen molar-refractivity contribution in [2.75, 3.05) is 19.6 Å². The van der Waals surface area contributed by atoms with Crippen molar-refractivity contribution in [2.45, 2.75) is 25.7 Å². The fraction of sp³-hybridized carbons (Fsp3) is 0.381. The average Bonchev–Trinajstić information content (AvgIpc) is 3.18. The van der Waals surface area contributed by atoms with E-state index in [4.69, 9.17) is 5.73 Å². The summed E-state index contributed by atoms with van der Waals surface area (Å²) in [4.78, 5) is 10.0. The summed E-state index contributed by atoms with van der Waals surface area (Å²) < 4.78 is 0. The van der Waals surface area contributed by atoms with Crippen molar-refractivity contribution >= 4 is 17.9 Å². The highest BCUT2D eigenvalue weighted by Gasteiger charge is 2.25. The van der Waals surface area contributed by atoms with Gasteiger partial charge in [0.2, 0.25) is 0 Å². The molecule has 6 nitrogen and oxygen atoms in total. The number of fused-ring (bicyclic) bond motifs is 1. The van der Waals surface area contributed by atoms with Gasteiger partial charge in [0.05, 0.1) is 12.0 Å². The Balaban J connectivity index is 0.00000140. The summed E-state index contributed by atoms with van der Waals surface area (Å²) >= 11 is 0. The zero-order valence-corrected chi connectivity index (χ0v) is 15.8. The zero-order chi connectivity index (χ0) is 17.8. The lowest BCUT2D eigenvalue weighted by molar-refractivity contribution is 0.196. The van der Waals surface area contributed by atoms with Crippen molar-refractivity contribution in [3.05, 3.63) is 59.4 Å². The largest absolute Gasteiger partial charge is 0.400 e. The van der Waals surface area contributed by atoms with E-state index in [0.29, 0.717) is 5.92 Å². The molecule has 0 radical (unpaired) electrons. The van der Waals surface area contributed by atoms with Gasteiger partial charge in [0, 0.05) is 24.8 Å². The molecule has 146 valence electrons. The number of hydrogen-bond donors (Lipinski definition) is 4. The third kappa shape index (κ3) is 4.40. The Morgan fingerprint density at radius 2 is 1.96 bits per heavy atom. The van der Waals surface area contributed by atoms with Crippen molar-refractivity contribution in [3.8, 4) is 0 Å². The molecule has 6 heteroatoms. The van der Waals surface area contributed by atoms with E-state index >= 15 is 0 Å². The minimum Gasteiger partial charge on any atom is -0.400 e. The van der Waals surface area contributed by atoms with Gasteiger partial charge in [-0.3, -0.25) is 0 Å². The van der Waals surface area contributed by atoms with Crippen LogP contribution in [0.3, 0.4) is 0 Å². The van der Waals surface area contributed by atoms with Crippen molar-refractivity contribution in [1.82, 2.24) is 21.4 Å². The van der Waals surface area contributed by atoms with Crippen molar-refractivity contribution in [3.63, 3.8) is 0 Å². The molecular weight excluding hydrogens is 336 g/mol. The first-order valence-corrected chi connectivity index (χ1v) is 9.54. The number of aryl methyl sites for hydroxylation is 1. The van der Waals surface area contributed by atoms with Crippen LogP contribution < -0.4 is 17.2 Å². The lowest BCUT2D eigenvalue weighted by Crippen LogP contribution is -2.37. The van der Waals surface area contributed by atoms with Crippen LogP contribution in [0.5, 0.6) is 0 Å². The van der Waals surface area contributed by atoms with Gasteiger partial charge in [-0.15, -0.1) is 0 Å². The highest BCUT2D eigenvalue weighted by molar-refractivity contribution is 5.87. The number of nitrogens with two attached hydrogens (primary N) is 1. The SMILES string of the molecule is N.N/C(=C1\NC=Nc2[nH]ccc21)C1CCN(CCCc2ccccc2)CC1.[HH]. The van der Waals surface area contributed by atoms with E-state index in [0.717, 1.165) is 55.1 Å². The Labute approximate surface area is 162 Å². The van der Waals surface area contributed by atoms with Gasteiger partial charge in [0.25, 0.3) is 0 Å². The molecule has 1 saturated heterocycles. The fourth-order valence-electron chi connectivity index (χ4n) is 3.97. The molecule has 7 N–H and O–H groups in total. The van der Waals surface area contributed by atoms with Gasteiger partial charge in [0.15, 0.2) is 0 Å². The number of allylic oxidation sites excluding steroid dienone is 1. The standard InChI is InChI=1S/C21H27N5.H3N.H2/c22-19(20-18-8-11-23-21(18)25-15-24-20)17-9-13-26(14-10-17)12-4-7-16-5-2-1-3-6-16;;/h1-3,5-6,8,11,15,17,23H,4,7,9-10,12-14,22H2,(H,24,25);1H3;1H/b20-19-;;. The monoisotopic (exact) mass is 368 g/mol. The third-order valence-electron chi connectivity index (χ3n) is 5.50. The first-order chi connectivity index (χ1) is 12.8. The number of nitrogens with zero attached hydrogens (tertiary/aromatic N) is 2. The molecule has 0 atom stereocenters. The second-order valence-electron chi connectivity index (χ2n) is 7.18. The number of piperidine rings is 1. The molecular formula is C21H32N6. The molecule has 27 heavy (non-hydrogen) atoms. The van der Waals surface area contributed by atoms with E-state index in [1.807, 2.05) is 12.3 Å².